The van der Waals surface area contributed by atoms with E-state index in [1.807, 2.05) is 12.1 Å². The summed E-state index contributed by atoms with van der Waals surface area (Å²) in [5, 5.41) is 0. The van der Waals surface area contributed by atoms with Gasteiger partial charge in [0.15, 0.2) is 0 Å². The van der Waals surface area contributed by atoms with E-state index in [2.05, 4.69) is 44.2 Å². The van der Waals surface area contributed by atoms with Crippen LogP contribution in [-0.4, -0.2) is 21.3 Å². The van der Waals surface area contributed by atoms with Crippen LogP contribution in [0, 0.1) is 0 Å². The van der Waals surface area contributed by atoms with Crippen molar-refractivity contribution < 1.29 is 14.2 Å². The molecule has 0 saturated heterocycles. The van der Waals surface area contributed by atoms with Crippen molar-refractivity contribution in [1.82, 2.24) is 0 Å². The number of ether oxygens (including phenoxy) is 3. The second-order valence-corrected chi connectivity index (χ2v) is 6.75. The highest BCUT2D eigenvalue weighted by molar-refractivity contribution is 5.69. The van der Waals surface area contributed by atoms with Crippen LogP contribution >= 0.6 is 0 Å². The topological polar surface area (TPSA) is 27.7 Å². The quantitative estimate of drug-likeness (QED) is 0.602. The summed E-state index contributed by atoms with van der Waals surface area (Å²) in [7, 11) is 5.08. The molecule has 2 aromatic rings. The number of aryl methyl sites for hydroxylation is 1. The van der Waals surface area contributed by atoms with Gasteiger partial charge in [0.25, 0.3) is 0 Å². The Balaban J connectivity index is 1.94. The maximum absolute atomic E-state index is 5.73. The highest BCUT2D eigenvalue weighted by atomic mass is 16.5. The minimum absolute atomic E-state index is 0.0578. The molecule has 26 heavy (non-hydrogen) atoms. The Labute approximate surface area is 156 Å². The third-order valence-electron chi connectivity index (χ3n) is 5.72. The van der Waals surface area contributed by atoms with Crippen LogP contribution < -0.4 is 14.2 Å². The normalized spacial score (nSPS) is 18.7. The lowest BCUT2D eigenvalue weighted by Gasteiger charge is -2.25. The molecule has 0 aromatic heterocycles. The van der Waals surface area contributed by atoms with Gasteiger partial charge in [-0.2, -0.15) is 0 Å². The van der Waals surface area contributed by atoms with Crippen LogP contribution in [0.25, 0.3) is 0 Å². The van der Waals surface area contributed by atoms with Gasteiger partial charge in [0, 0.05) is 17.5 Å². The average Bonchev–Trinajstić information content (AvgIpc) is 3.28. The van der Waals surface area contributed by atoms with Crippen molar-refractivity contribution >= 4 is 0 Å². The van der Waals surface area contributed by atoms with Gasteiger partial charge in [-0.1, -0.05) is 48.4 Å². The highest BCUT2D eigenvalue weighted by Crippen LogP contribution is 2.62. The Kier molecular flexibility index (Phi) is 5.26. The van der Waals surface area contributed by atoms with E-state index in [1.54, 1.807) is 21.3 Å². The fraction of sp³-hybridized carbons (Fsp3) is 0.391. The molecule has 0 spiro atoms. The van der Waals surface area contributed by atoms with Gasteiger partial charge in [0.1, 0.15) is 17.2 Å². The number of allylic oxidation sites excluding steroid dienone is 2. The SMILES string of the molecule is CCC1(c2c(OC)cc(OC)cc2OC)C(C)=C1CCc1ccccc1. The lowest BCUT2D eigenvalue weighted by atomic mass is 9.83. The first-order valence-electron chi connectivity index (χ1n) is 9.17. The maximum Gasteiger partial charge on any atom is 0.130 e. The van der Waals surface area contributed by atoms with Gasteiger partial charge in [-0.25, -0.2) is 0 Å². The van der Waals surface area contributed by atoms with Crippen LogP contribution in [0.3, 0.4) is 0 Å². The van der Waals surface area contributed by atoms with Crippen LogP contribution in [-0.2, 0) is 11.8 Å². The summed E-state index contributed by atoms with van der Waals surface area (Å²) < 4.78 is 16.9. The smallest absolute Gasteiger partial charge is 0.130 e. The van der Waals surface area contributed by atoms with Crippen molar-refractivity contribution in [3.05, 3.63) is 64.7 Å². The summed E-state index contributed by atoms with van der Waals surface area (Å²) in [6.45, 7) is 4.48. The summed E-state index contributed by atoms with van der Waals surface area (Å²) >= 11 is 0. The molecule has 138 valence electrons. The molecule has 1 unspecified atom stereocenters. The molecule has 2 aromatic carbocycles. The second kappa shape index (κ2) is 7.45. The molecular formula is C23H28O3. The van der Waals surface area contributed by atoms with E-state index in [9.17, 15) is 0 Å². The van der Waals surface area contributed by atoms with Gasteiger partial charge in [0.05, 0.1) is 26.9 Å². The van der Waals surface area contributed by atoms with Crippen molar-refractivity contribution in [1.29, 1.82) is 0 Å². The van der Waals surface area contributed by atoms with Crippen LogP contribution in [0.2, 0.25) is 0 Å². The van der Waals surface area contributed by atoms with E-state index in [4.69, 9.17) is 14.2 Å². The highest BCUT2D eigenvalue weighted by Gasteiger charge is 2.52. The minimum Gasteiger partial charge on any atom is -0.496 e. The Hall–Kier alpha value is -2.42. The monoisotopic (exact) mass is 352 g/mol. The molecule has 3 rings (SSSR count). The Morgan fingerprint density at radius 2 is 1.46 bits per heavy atom. The molecule has 3 heteroatoms. The van der Waals surface area contributed by atoms with E-state index in [0.29, 0.717) is 0 Å². The largest absolute Gasteiger partial charge is 0.496 e. The maximum atomic E-state index is 5.73. The molecule has 0 heterocycles. The zero-order chi connectivity index (χ0) is 18.7. The number of hydrogen-bond acceptors (Lipinski definition) is 3. The molecule has 0 fully saturated rings. The summed E-state index contributed by atoms with van der Waals surface area (Å²) in [5.41, 5.74) is 5.39. The lowest BCUT2D eigenvalue weighted by Crippen LogP contribution is -2.16. The molecule has 0 saturated carbocycles. The summed E-state index contributed by atoms with van der Waals surface area (Å²) in [5.74, 6) is 2.41. The summed E-state index contributed by atoms with van der Waals surface area (Å²) in [6, 6.07) is 14.6. The number of benzene rings is 2. The third kappa shape index (κ3) is 2.96. The molecular weight excluding hydrogens is 324 g/mol. The predicted octanol–water partition coefficient (Wildman–Crippen LogP) is 5.32. The zero-order valence-corrected chi connectivity index (χ0v) is 16.4. The van der Waals surface area contributed by atoms with Gasteiger partial charge in [0.2, 0.25) is 0 Å². The first kappa shape index (κ1) is 18.4. The number of hydrogen-bond donors (Lipinski definition) is 0. The van der Waals surface area contributed by atoms with E-state index >= 15 is 0 Å². The molecule has 0 N–H and O–H groups in total. The van der Waals surface area contributed by atoms with Crippen molar-refractivity contribution in [3.63, 3.8) is 0 Å². The molecule has 0 radical (unpaired) electrons. The summed E-state index contributed by atoms with van der Waals surface area (Å²) in [6.07, 6.45) is 3.11. The third-order valence-corrected chi connectivity index (χ3v) is 5.72. The van der Waals surface area contributed by atoms with Gasteiger partial charge in [-0.3, -0.25) is 0 Å². The molecule has 1 aliphatic carbocycles. The molecule has 1 atom stereocenters. The van der Waals surface area contributed by atoms with Gasteiger partial charge >= 0.3 is 0 Å². The second-order valence-electron chi connectivity index (χ2n) is 6.75. The Bertz CT molecular complexity index is 782. The van der Waals surface area contributed by atoms with E-state index in [-0.39, 0.29) is 5.41 Å². The Morgan fingerprint density at radius 3 is 1.96 bits per heavy atom. The first-order valence-corrected chi connectivity index (χ1v) is 9.17. The summed E-state index contributed by atoms with van der Waals surface area (Å²) in [4.78, 5) is 0. The van der Waals surface area contributed by atoms with E-state index in [0.717, 1.165) is 42.1 Å². The van der Waals surface area contributed by atoms with Gasteiger partial charge in [-0.05, 0) is 31.7 Å². The molecule has 3 nitrogen and oxygen atoms in total. The minimum atomic E-state index is -0.0578. The molecule has 0 bridgehead atoms. The fourth-order valence-corrected chi connectivity index (χ4v) is 4.26. The van der Waals surface area contributed by atoms with Crippen molar-refractivity contribution in [2.45, 2.75) is 38.5 Å². The molecule has 0 aliphatic heterocycles. The zero-order valence-electron chi connectivity index (χ0n) is 16.4. The van der Waals surface area contributed by atoms with E-state index in [1.165, 1.54) is 16.7 Å². The van der Waals surface area contributed by atoms with Crippen LogP contribution in [0.15, 0.2) is 53.6 Å². The Morgan fingerprint density at radius 1 is 0.846 bits per heavy atom. The average molecular weight is 352 g/mol. The number of rotatable bonds is 8. The number of methoxy groups -OCH3 is 3. The first-order chi connectivity index (χ1) is 12.6. The van der Waals surface area contributed by atoms with E-state index < -0.39 is 0 Å². The fourth-order valence-electron chi connectivity index (χ4n) is 4.26. The predicted molar refractivity (Wildman–Crippen MR) is 106 cm³/mol. The standard InChI is InChI=1S/C23H28O3/c1-6-23(16(2)19(23)13-12-17-10-8-7-9-11-17)22-20(25-4)14-18(24-3)15-21(22)26-5/h7-11,14-15H,6,12-13H2,1-5H3. The van der Waals surface area contributed by atoms with Crippen LogP contribution in [0.5, 0.6) is 17.2 Å². The van der Waals surface area contributed by atoms with Gasteiger partial charge < -0.3 is 14.2 Å². The van der Waals surface area contributed by atoms with Crippen LogP contribution in [0.4, 0.5) is 0 Å². The van der Waals surface area contributed by atoms with Crippen molar-refractivity contribution in [3.8, 4) is 17.2 Å². The van der Waals surface area contributed by atoms with Crippen LogP contribution in [0.1, 0.15) is 37.8 Å². The molecule has 0 amide bonds. The van der Waals surface area contributed by atoms with Crippen molar-refractivity contribution in [2.24, 2.45) is 0 Å². The lowest BCUT2D eigenvalue weighted by molar-refractivity contribution is 0.361. The van der Waals surface area contributed by atoms with Crippen molar-refractivity contribution in [2.75, 3.05) is 21.3 Å². The molecule has 1 aliphatic rings. The van der Waals surface area contributed by atoms with Gasteiger partial charge in [-0.15, -0.1) is 0 Å².